The van der Waals surface area contributed by atoms with Gasteiger partial charge in [-0.05, 0) is 30.5 Å². The first kappa shape index (κ1) is 24.6. The zero-order valence-electron chi connectivity index (χ0n) is 19.3. The van der Waals surface area contributed by atoms with Crippen molar-refractivity contribution in [3.05, 3.63) is 78.4 Å². The number of hydrogen-bond acceptors (Lipinski definition) is 7. The Morgan fingerprint density at radius 1 is 1.09 bits per heavy atom. The van der Waals surface area contributed by atoms with Crippen LogP contribution in [0, 0.1) is 5.92 Å². The molecule has 1 saturated heterocycles. The Hall–Kier alpha value is -3.57. The van der Waals surface area contributed by atoms with Gasteiger partial charge in [-0.1, -0.05) is 42.5 Å². The minimum Gasteiger partial charge on any atom is -0.465 e. The molecule has 1 fully saturated rings. The molecule has 1 unspecified atom stereocenters. The normalized spacial score (nSPS) is 15.9. The van der Waals surface area contributed by atoms with Crippen LogP contribution < -0.4 is 5.32 Å². The van der Waals surface area contributed by atoms with E-state index in [-0.39, 0.29) is 41.4 Å². The highest BCUT2D eigenvalue weighted by atomic mass is 32.2. The van der Waals surface area contributed by atoms with E-state index < -0.39 is 16.0 Å². The van der Waals surface area contributed by atoms with Crippen LogP contribution >= 0.6 is 0 Å². The Labute approximate surface area is 204 Å². The van der Waals surface area contributed by atoms with E-state index in [2.05, 4.69) is 15.4 Å². The van der Waals surface area contributed by atoms with Crippen molar-refractivity contribution in [3.63, 3.8) is 0 Å². The predicted octanol–water partition coefficient (Wildman–Crippen LogP) is 2.02. The number of esters is 1. The monoisotopic (exact) mass is 497 g/mol. The lowest BCUT2D eigenvalue weighted by molar-refractivity contribution is -0.127. The van der Waals surface area contributed by atoms with Gasteiger partial charge in [0.2, 0.25) is 15.9 Å². The Bertz CT molecular complexity index is 1260. The number of carbonyl (C=O) groups is 2. The third kappa shape index (κ3) is 5.57. The van der Waals surface area contributed by atoms with Crippen LogP contribution in [0.1, 0.15) is 34.8 Å². The van der Waals surface area contributed by atoms with Crippen LogP contribution in [-0.4, -0.2) is 59.6 Å². The van der Waals surface area contributed by atoms with Crippen molar-refractivity contribution < 1.29 is 22.7 Å². The molecule has 1 N–H and O–H groups in total. The second-order valence-corrected chi connectivity index (χ2v) is 10.2. The fourth-order valence-electron chi connectivity index (χ4n) is 4.19. The van der Waals surface area contributed by atoms with Crippen LogP contribution in [0.25, 0.3) is 0 Å². The number of methoxy groups -OCH3 is 1. The molecule has 184 valence electrons. The number of benzene rings is 2. The molecule has 1 amide bonds. The zero-order valence-corrected chi connectivity index (χ0v) is 20.1. The highest BCUT2D eigenvalue weighted by molar-refractivity contribution is 7.89. The van der Waals surface area contributed by atoms with Crippen molar-refractivity contribution in [3.8, 4) is 0 Å². The molecule has 10 nitrogen and oxygen atoms in total. The van der Waals surface area contributed by atoms with E-state index in [4.69, 9.17) is 4.74 Å². The Balaban J connectivity index is 1.43. The van der Waals surface area contributed by atoms with Gasteiger partial charge in [-0.2, -0.15) is 9.40 Å². The molecule has 11 heteroatoms. The van der Waals surface area contributed by atoms with Crippen LogP contribution in [0.15, 0.2) is 72.1 Å². The third-order valence-corrected chi connectivity index (χ3v) is 8.05. The predicted molar refractivity (Wildman–Crippen MR) is 127 cm³/mol. The molecule has 1 atom stereocenters. The minimum absolute atomic E-state index is 0.00585. The second kappa shape index (κ2) is 10.8. The van der Waals surface area contributed by atoms with Crippen LogP contribution in [0.2, 0.25) is 0 Å². The Morgan fingerprint density at radius 3 is 2.43 bits per heavy atom. The molecule has 1 aromatic heterocycles. The molecule has 0 aliphatic carbocycles. The number of nitrogens with zero attached hydrogens (tertiary/aromatic N) is 4. The molecule has 3 aromatic rings. The molecule has 0 saturated carbocycles. The topological polar surface area (TPSA) is 123 Å². The summed E-state index contributed by atoms with van der Waals surface area (Å²) in [6, 6.07) is 15.3. The third-order valence-electron chi connectivity index (χ3n) is 6.09. The SMILES string of the molecule is COC(=O)c1ccccc1S(=O)(=O)N1CCC(C(=O)NC(Cn2cncn2)c2ccccc2)CC1. The molecule has 2 aromatic carbocycles. The van der Waals surface area contributed by atoms with Crippen molar-refractivity contribution in [1.82, 2.24) is 24.4 Å². The van der Waals surface area contributed by atoms with E-state index in [9.17, 15) is 18.0 Å². The van der Waals surface area contributed by atoms with E-state index in [0.29, 0.717) is 19.4 Å². The van der Waals surface area contributed by atoms with Gasteiger partial charge in [0.05, 0.1) is 30.2 Å². The van der Waals surface area contributed by atoms with E-state index in [0.717, 1.165) is 5.56 Å². The number of carbonyl (C=O) groups excluding carboxylic acids is 2. The summed E-state index contributed by atoms with van der Waals surface area (Å²) in [5.74, 6) is -1.18. The first-order valence-corrected chi connectivity index (χ1v) is 12.7. The molecule has 0 bridgehead atoms. The summed E-state index contributed by atoms with van der Waals surface area (Å²) in [7, 11) is -2.71. The summed E-state index contributed by atoms with van der Waals surface area (Å²) >= 11 is 0. The first-order valence-electron chi connectivity index (χ1n) is 11.3. The van der Waals surface area contributed by atoms with Crippen LogP contribution in [0.3, 0.4) is 0 Å². The van der Waals surface area contributed by atoms with Crippen LogP contribution in [0.4, 0.5) is 0 Å². The summed E-state index contributed by atoms with van der Waals surface area (Å²) in [6.45, 7) is 0.775. The number of rotatable bonds is 8. The van der Waals surface area contributed by atoms with Crippen LogP contribution in [-0.2, 0) is 26.1 Å². The summed E-state index contributed by atoms with van der Waals surface area (Å²) < 4.78 is 34.2. The Kier molecular flexibility index (Phi) is 7.57. The van der Waals surface area contributed by atoms with Crippen molar-refractivity contribution in [2.24, 2.45) is 5.92 Å². The maximum Gasteiger partial charge on any atom is 0.339 e. The fraction of sp³-hybridized carbons (Fsp3) is 0.333. The molecular formula is C24H27N5O5S. The molecule has 1 aliphatic rings. The van der Waals surface area contributed by atoms with Gasteiger partial charge in [0, 0.05) is 19.0 Å². The number of nitrogens with one attached hydrogen (secondary N) is 1. The van der Waals surface area contributed by atoms with Crippen molar-refractivity contribution >= 4 is 21.9 Å². The molecule has 0 spiro atoms. The molecule has 35 heavy (non-hydrogen) atoms. The van der Waals surface area contributed by atoms with Crippen molar-refractivity contribution in [1.29, 1.82) is 0 Å². The number of aromatic nitrogens is 3. The lowest BCUT2D eigenvalue weighted by Crippen LogP contribution is -2.44. The van der Waals surface area contributed by atoms with E-state index >= 15 is 0 Å². The lowest BCUT2D eigenvalue weighted by atomic mass is 9.96. The Morgan fingerprint density at radius 2 is 1.77 bits per heavy atom. The number of piperidine rings is 1. The standard InChI is InChI=1S/C24H27N5O5S/c1-34-24(31)20-9-5-6-10-22(20)35(32,33)29-13-11-19(12-14-29)23(30)27-21(15-28-17-25-16-26-28)18-7-3-2-4-8-18/h2-10,16-17,19,21H,11-15H2,1H3,(H,27,30). The van der Waals surface area contributed by atoms with Gasteiger partial charge in [0.15, 0.2) is 0 Å². The van der Waals surface area contributed by atoms with Gasteiger partial charge in [-0.3, -0.25) is 9.48 Å². The number of hydrogen-bond donors (Lipinski definition) is 1. The van der Waals surface area contributed by atoms with Gasteiger partial charge in [0.1, 0.15) is 12.7 Å². The van der Waals surface area contributed by atoms with Crippen molar-refractivity contribution in [2.75, 3.05) is 20.2 Å². The highest BCUT2D eigenvalue weighted by Gasteiger charge is 2.35. The van der Waals surface area contributed by atoms with E-state index in [1.165, 1.54) is 29.9 Å². The molecule has 2 heterocycles. The van der Waals surface area contributed by atoms with Crippen molar-refractivity contribution in [2.45, 2.75) is 30.3 Å². The summed E-state index contributed by atoms with van der Waals surface area (Å²) in [5.41, 5.74) is 0.935. The minimum atomic E-state index is -3.91. The average Bonchev–Trinajstić information content (AvgIpc) is 3.41. The summed E-state index contributed by atoms with van der Waals surface area (Å²) in [4.78, 5) is 29.1. The molecular weight excluding hydrogens is 470 g/mol. The van der Waals surface area contributed by atoms with Gasteiger partial charge in [-0.15, -0.1) is 0 Å². The average molecular weight is 498 g/mol. The van der Waals surface area contributed by atoms with Gasteiger partial charge in [0.25, 0.3) is 0 Å². The lowest BCUT2D eigenvalue weighted by Gasteiger charge is -2.32. The molecule has 4 rings (SSSR count). The number of amides is 1. The van der Waals surface area contributed by atoms with Gasteiger partial charge in [-0.25, -0.2) is 18.2 Å². The summed E-state index contributed by atoms with van der Waals surface area (Å²) in [6.07, 6.45) is 3.78. The quantitative estimate of drug-likeness (QED) is 0.472. The van der Waals surface area contributed by atoms with E-state index in [1.807, 2.05) is 30.3 Å². The second-order valence-electron chi connectivity index (χ2n) is 8.26. The number of ether oxygens (including phenoxy) is 1. The van der Waals surface area contributed by atoms with Gasteiger partial charge >= 0.3 is 5.97 Å². The first-order chi connectivity index (χ1) is 16.9. The maximum absolute atomic E-state index is 13.2. The largest absolute Gasteiger partial charge is 0.465 e. The highest BCUT2D eigenvalue weighted by Crippen LogP contribution is 2.27. The van der Waals surface area contributed by atoms with E-state index in [1.54, 1.807) is 23.1 Å². The fourth-order valence-corrected chi connectivity index (χ4v) is 5.84. The maximum atomic E-state index is 13.2. The summed E-state index contributed by atoms with van der Waals surface area (Å²) in [5, 5.41) is 7.24. The molecule has 1 aliphatic heterocycles. The number of sulfonamides is 1. The van der Waals surface area contributed by atoms with Gasteiger partial charge < -0.3 is 10.1 Å². The zero-order chi connectivity index (χ0) is 24.8. The molecule has 0 radical (unpaired) electrons. The smallest absolute Gasteiger partial charge is 0.339 e. The van der Waals surface area contributed by atoms with Crippen LogP contribution in [0.5, 0.6) is 0 Å².